The molecule has 0 aliphatic rings. The van der Waals surface area contributed by atoms with Crippen LogP contribution in [0.3, 0.4) is 0 Å². The van der Waals surface area contributed by atoms with E-state index >= 15 is 0 Å². The lowest BCUT2D eigenvalue weighted by molar-refractivity contribution is 0.283. The Hall–Kier alpha value is -0.500. The quantitative estimate of drug-likeness (QED) is 0.742. The maximum Gasteiger partial charge on any atom is 0.0493 e. The van der Waals surface area contributed by atoms with Crippen LogP contribution in [0.15, 0.2) is 24.3 Å². The van der Waals surface area contributed by atoms with E-state index in [1.165, 1.54) is 0 Å². The van der Waals surface area contributed by atoms with Crippen LogP contribution in [0, 0.1) is 0 Å². The number of halogens is 2. The number of benzene rings is 1. The summed E-state index contributed by atoms with van der Waals surface area (Å²) in [5.74, 6) is 0. The standard InChI is InChI=1S/C13H16Cl2O/c14-12-8-7-11(13(15)10-12)6-4-2-1-3-5-9-16/h4,6-8,10,16H,1-3,5,9H2. The van der Waals surface area contributed by atoms with E-state index in [9.17, 15) is 0 Å². The molecular formula is C13H16Cl2O. The topological polar surface area (TPSA) is 20.2 Å². The van der Waals surface area contributed by atoms with Crippen molar-refractivity contribution in [1.29, 1.82) is 0 Å². The molecule has 1 aromatic rings. The average Bonchev–Trinajstić information content (AvgIpc) is 2.26. The Morgan fingerprint density at radius 3 is 2.62 bits per heavy atom. The van der Waals surface area contributed by atoms with Crippen molar-refractivity contribution in [2.24, 2.45) is 0 Å². The van der Waals surface area contributed by atoms with Crippen molar-refractivity contribution in [2.75, 3.05) is 6.61 Å². The van der Waals surface area contributed by atoms with Gasteiger partial charge in [-0.3, -0.25) is 0 Å². The minimum absolute atomic E-state index is 0.284. The van der Waals surface area contributed by atoms with Crippen molar-refractivity contribution in [3.8, 4) is 0 Å². The highest BCUT2D eigenvalue weighted by Crippen LogP contribution is 2.22. The first kappa shape index (κ1) is 13.6. The van der Waals surface area contributed by atoms with Crippen LogP contribution in [-0.4, -0.2) is 11.7 Å². The van der Waals surface area contributed by atoms with Gasteiger partial charge in [0.2, 0.25) is 0 Å². The van der Waals surface area contributed by atoms with Crippen LogP contribution in [0.25, 0.3) is 6.08 Å². The molecule has 0 heterocycles. The molecule has 0 saturated carbocycles. The Balaban J connectivity index is 2.38. The predicted molar refractivity (Wildman–Crippen MR) is 71.0 cm³/mol. The molecule has 0 amide bonds. The molecule has 0 bridgehead atoms. The number of aliphatic hydroxyl groups excluding tert-OH is 1. The third-order valence-electron chi connectivity index (χ3n) is 2.29. The van der Waals surface area contributed by atoms with E-state index in [-0.39, 0.29) is 6.61 Å². The molecule has 0 atom stereocenters. The summed E-state index contributed by atoms with van der Waals surface area (Å²) in [7, 11) is 0. The summed E-state index contributed by atoms with van der Waals surface area (Å²) in [6, 6.07) is 5.49. The van der Waals surface area contributed by atoms with Gasteiger partial charge in [-0.15, -0.1) is 0 Å². The summed E-state index contributed by atoms with van der Waals surface area (Å²) in [4.78, 5) is 0. The van der Waals surface area contributed by atoms with Crippen LogP contribution in [0.2, 0.25) is 10.0 Å². The molecule has 1 aromatic carbocycles. The SMILES string of the molecule is OCCCCCC=Cc1ccc(Cl)cc1Cl. The zero-order chi connectivity index (χ0) is 11.8. The van der Waals surface area contributed by atoms with Gasteiger partial charge < -0.3 is 5.11 Å². The first-order valence-electron chi connectivity index (χ1n) is 5.46. The Labute approximate surface area is 107 Å². The zero-order valence-electron chi connectivity index (χ0n) is 9.13. The van der Waals surface area contributed by atoms with E-state index in [1.807, 2.05) is 18.2 Å². The van der Waals surface area contributed by atoms with Crippen LogP contribution in [0.4, 0.5) is 0 Å². The van der Waals surface area contributed by atoms with E-state index in [0.29, 0.717) is 10.0 Å². The van der Waals surface area contributed by atoms with Crippen LogP contribution in [-0.2, 0) is 0 Å². The van der Waals surface area contributed by atoms with Gasteiger partial charge in [-0.25, -0.2) is 0 Å². The summed E-state index contributed by atoms with van der Waals surface area (Å²) in [5, 5.41) is 9.95. The molecule has 3 heteroatoms. The van der Waals surface area contributed by atoms with E-state index in [1.54, 1.807) is 6.07 Å². The number of hydrogen-bond acceptors (Lipinski definition) is 1. The van der Waals surface area contributed by atoms with Crippen LogP contribution in [0.5, 0.6) is 0 Å². The number of unbranched alkanes of at least 4 members (excludes halogenated alkanes) is 3. The van der Waals surface area contributed by atoms with Crippen molar-refractivity contribution < 1.29 is 5.11 Å². The fourth-order valence-electron chi connectivity index (χ4n) is 1.40. The second-order valence-corrected chi connectivity index (χ2v) is 4.48. The van der Waals surface area contributed by atoms with Gasteiger partial charge in [-0.1, -0.05) is 47.8 Å². The second-order valence-electron chi connectivity index (χ2n) is 3.64. The highest BCUT2D eigenvalue weighted by Gasteiger charge is 1.96. The lowest BCUT2D eigenvalue weighted by atomic mass is 10.1. The Bertz CT molecular complexity index is 348. The largest absolute Gasteiger partial charge is 0.396 e. The van der Waals surface area contributed by atoms with Gasteiger partial charge in [0.1, 0.15) is 0 Å². The van der Waals surface area contributed by atoms with Gasteiger partial charge in [0.25, 0.3) is 0 Å². The molecule has 16 heavy (non-hydrogen) atoms. The molecule has 0 fully saturated rings. The van der Waals surface area contributed by atoms with Crippen molar-refractivity contribution in [2.45, 2.75) is 25.7 Å². The third-order valence-corrected chi connectivity index (χ3v) is 2.85. The van der Waals surface area contributed by atoms with Crippen LogP contribution in [0.1, 0.15) is 31.2 Å². The second kappa shape index (κ2) is 7.72. The normalized spacial score (nSPS) is 11.2. The minimum Gasteiger partial charge on any atom is -0.396 e. The third kappa shape index (κ3) is 5.02. The molecule has 1 N–H and O–H groups in total. The molecule has 88 valence electrons. The molecule has 0 radical (unpaired) electrons. The van der Waals surface area contributed by atoms with Gasteiger partial charge in [-0.2, -0.15) is 0 Å². The van der Waals surface area contributed by atoms with Crippen LogP contribution < -0.4 is 0 Å². The Kier molecular flexibility index (Phi) is 6.55. The molecule has 0 unspecified atom stereocenters. The zero-order valence-corrected chi connectivity index (χ0v) is 10.6. The monoisotopic (exact) mass is 258 g/mol. The lowest BCUT2D eigenvalue weighted by Crippen LogP contribution is -1.81. The first-order valence-corrected chi connectivity index (χ1v) is 6.22. The van der Waals surface area contributed by atoms with Crippen molar-refractivity contribution in [3.63, 3.8) is 0 Å². The maximum atomic E-state index is 8.62. The van der Waals surface area contributed by atoms with Crippen molar-refractivity contribution >= 4 is 29.3 Å². The molecule has 1 rings (SSSR count). The maximum absolute atomic E-state index is 8.62. The molecular weight excluding hydrogens is 243 g/mol. The Morgan fingerprint density at radius 1 is 1.12 bits per heavy atom. The van der Waals surface area contributed by atoms with E-state index in [4.69, 9.17) is 28.3 Å². The first-order chi connectivity index (χ1) is 7.74. The number of allylic oxidation sites excluding steroid dienone is 1. The van der Waals surface area contributed by atoms with E-state index in [0.717, 1.165) is 31.2 Å². The van der Waals surface area contributed by atoms with Gasteiger partial charge in [0.05, 0.1) is 0 Å². The number of hydrogen-bond donors (Lipinski definition) is 1. The number of rotatable bonds is 6. The molecule has 0 spiro atoms. The smallest absolute Gasteiger partial charge is 0.0493 e. The summed E-state index contributed by atoms with van der Waals surface area (Å²) >= 11 is 11.8. The Morgan fingerprint density at radius 2 is 1.94 bits per heavy atom. The summed E-state index contributed by atoms with van der Waals surface area (Å²) in [6.45, 7) is 0.284. The highest BCUT2D eigenvalue weighted by atomic mass is 35.5. The van der Waals surface area contributed by atoms with Gasteiger partial charge in [0.15, 0.2) is 0 Å². The minimum atomic E-state index is 0.284. The summed E-state index contributed by atoms with van der Waals surface area (Å²) < 4.78 is 0. The lowest BCUT2D eigenvalue weighted by Gasteiger charge is -1.99. The van der Waals surface area contributed by atoms with Crippen LogP contribution >= 0.6 is 23.2 Å². The fraction of sp³-hybridized carbons (Fsp3) is 0.385. The fourth-order valence-corrected chi connectivity index (χ4v) is 1.87. The van der Waals surface area contributed by atoms with E-state index in [2.05, 4.69) is 6.08 Å². The van der Waals surface area contributed by atoms with Gasteiger partial charge in [0, 0.05) is 16.7 Å². The molecule has 0 aliphatic heterocycles. The molecule has 1 nitrogen and oxygen atoms in total. The highest BCUT2D eigenvalue weighted by molar-refractivity contribution is 6.35. The average molecular weight is 259 g/mol. The number of aliphatic hydroxyl groups is 1. The summed E-state index contributed by atoms with van der Waals surface area (Å²) in [5.41, 5.74) is 0.994. The molecule has 0 aromatic heterocycles. The van der Waals surface area contributed by atoms with E-state index < -0.39 is 0 Å². The van der Waals surface area contributed by atoms with Crippen molar-refractivity contribution in [1.82, 2.24) is 0 Å². The van der Waals surface area contributed by atoms with Gasteiger partial charge >= 0.3 is 0 Å². The van der Waals surface area contributed by atoms with Crippen molar-refractivity contribution in [3.05, 3.63) is 39.9 Å². The summed E-state index contributed by atoms with van der Waals surface area (Å²) in [6.07, 6.45) is 8.18. The molecule has 0 aliphatic carbocycles. The van der Waals surface area contributed by atoms with Gasteiger partial charge in [-0.05, 0) is 37.0 Å². The molecule has 0 saturated heterocycles. The predicted octanol–water partition coefficient (Wildman–Crippen LogP) is 4.56.